The summed E-state index contributed by atoms with van der Waals surface area (Å²) in [5.74, 6) is -0.217. The molecule has 5 nitrogen and oxygen atoms in total. The van der Waals surface area contributed by atoms with Crippen LogP contribution in [0.1, 0.15) is 12.0 Å². The summed E-state index contributed by atoms with van der Waals surface area (Å²) in [6.45, 7) is 6.83. The summed E-state index contributed by atoms with van der Waals surface area (Å²) in [5, 5.41) is 0. The lowest BCUT2D eigenvalue weighted by molar-refractivity contribution is 0.255. The average molecular weight is 392 g/mol. The van der Waals surface area contributed by atoms with Crippen LogP contribution in [0, 0.1) is 12.7 Å². The standard InChI is InChI=1S/C20H26FN3O2S/c1-17-3-9-20(10-4-17)27(25,26)22-11-2-12-23-13-15-24(16-14-23)19-7-5-18(21)6-8-19/h3-10,22H,2,11-16H2,1H3. The van der Waals surface area contributed by atoms with Crippen molar-refractivity contribution in [2.24, 2.45) is 0 Å². The number of piperazine rings is 1. The first kappa shape index (κ1) is 19.8. The molecule has 1 aliphatic heterocycles. The van der Waals surface area contributed by atoms with Crippen LogP contribution in [-0.2, 0) is 10.0 Å². The maximum atomic E-state index is 13.0. The molecule has 7 heteroatoms. The minimum absolute atomic E-state index is 0.217. The molecule has 2 aromatic rings. The van der Waals surface area contributed by atoms with Gasteiger partial charge in [-0.1, -0.05) is 17.7 Å². The molecular formula is C20H26FN3O2S. The fourth-order valence-electron chi connectivity index (χ4n) is 3.19. The quantitative estimate of drug-likeness (QED) is 0.738. The van der Waals surface area contributed by atoms with E-state index in [0.29, 0.717) is 11.4 Å². The summed E-state index contributed by atoms with van der Waals surface area (Å²) in [6, 6.07) is 13.5. The summed E-state index contributed by atoms with van der Waals surface area (Å²) in [4.78, 5) is 4.89. The lowest BCUT2D eigenvalue weighted by Crippen LogP contribution is -2.47. The molecule has 0 unspecified atom stereocenters. The van der Waals surface area contributed by atoms with Gasteiger partial charge in [0, 0.05) is 38.4 Å². The van der Waals surface area contributed by atoms with E-state index in [9.17, 15) is 12.8 Å². The van der Waals surface area contributed by atoms with E-state index in [-0.39, 0.29) is 5.82 Å². The van der Waals surface area contributed by atoms with Crippen molar-refractivity contribution in [3.05, 3.63) is 59.9 Å². The van der Waals surface area contributed by atoms with Gasteiger partial charge in [0.15, 0.2) is 0 Å². The number of anilines is 1. The van der Waals surface area contributed by atoms with Crippen molar-refractivity contribution in [3.8, 4) is 0 Å². The Bertz CT molecular complexity index is 831. The maximum absolute atomic E-state index is 13.0. The molecule has 1 aliphatic rings. The third-order valence-corrected chi connectivity index (χ3v) is 6.32. The summed E-state index contributed by atoms with van der Waals surface area (Å²) in [6.07, 6.45) is 0.766. The Morgan fingerprint density at radius 1 is 0.963 bits per heavy atom. The lowest BCUT2D eigenvalue weighted by atomic mass is 10.2. The second kappa shape index (κ2) is 8.82. The van der Waals surface area contributed by atoms with Crippen molar-refractivity contribution < 1.29 is 12.8 Å². The van der Waals surface area contributed by atoms with Crippen molar-refractivity contribution in [1.29, 1.82) is 0 Å². The Labute approximate surface area is 160 Å². The highest BCUT2D eigenvalue weighted by Gasteiger charge is 2.17. The van der Waals surface area contributed by atoms with E-state index < -0.39 is 10.0 Å². The second-order valence-electron chi connectivity index (χ2n) is 6.87. The van der Waals surface area contributed by atoms with Crippen LogP contribution in [0.25, 0.3) is 0 Å². The summed E-state index contributed by atoms with van der Waals surface area (Å²) in [5.41, 5.74) is 2.08. The molecule has 1 fully saturated rings. The van der Waals surface area contributed by atoms with E-state index in [1.807, 2.05) is 19.1 Å². The first-order chi connectivity index (χ1) is 12.9. The molecule has 1 heterocycles. The van der Waals surface area contributed by atoms with Gasteiger partial charge in [-0.3, -0.25) is 4.90 Å². The third kappa shape index (κ3) is 5.51. The van der Waals surface area contributed by atoms with E-state index in [1.165, 1.54) is 12.1 Å². The van der Waals surface area contributed by atoms with Crippen molar-refractivity contribution >= 4 is 15.7 Å². The number of hydrogen-bond acceptors (Lipinski definition) is 4. The van der Waals surface area contributed by atoms with Gasteiger partial charge in [-0.25, -0.2) is 17.5 Å². The van der Waals surface area contributed by atoms with Crippen LogP contribution in [0.15, 0.2) is 53.4 Å². The zero-order valence-electron chi connectivity index (χ0n) is 15.6. The summed E-state index contributed by atoms with van der Waals surface area (Å²) < 4.78 is 40.2. The van der Waals surface area contributed by atoms with Crippen molar-refractivity contribution in [2.75, 3.05) is 44.2 Å². The molecule has 0 radical (unpaired) electrons. The van der Waals surface area contributed by atoms with Crippen LogP contribution in [0.5, 0.6) is 0 Å². The van der Waals surface area contributed by atoms with Gasteiger partial charge in [-0.15, -0.1) is 0 Å². The fourth-order valence-corrected chi connectivity index (χ4v) is 4.27. The highest BCUT2D eigenvalue weighted by atomic mass is 32.2. The molecule has 0 bridgehead atoms. The second-order valence-corrected chi connectivity index (χ2v) is 8.64. The monoisotopic (exact) mass is 391 g/mol. The normalized spacial score (nSPS) is 15.9. The SMILES string of the molecule is Cc1ccc(S(=O)(=O)NCCCN2CCN(c3ccc(F)cc3)CC2)cc1. The van der Waals surface area contributed by atoms with Crippen LogP contribution in [0.4, 0.5) is 10.1 Å². The van der Waals surface area contributed by atoms with Crippen molar-refractivity contribution in [3.63, 3.8) is 0 Å². The Kier molecular flexibility index (Phi) is 6.46. The van der Waals surface area contributed by atoms with Gasteiger partial charge in [0.05, 0.1) is 4.90 Å². The third-order valence-electron chi connectivity index (χ3n) is 4.84. The molecule has 0 amide bonds. The predicted molar refractivity (Wildman–Crippen MR) is 106 cm³/mol. The molecule has 0 aromatic heterocycles. The van der Waals surface area contributed by atoms with Crippen LogP contribution in [0.2, 0.25) is 0 Å². The van der Waals surface area contributed by atoms with Crippen LogP contribution >= 0.6 is 0 Å². The summed E-state index contributed by atoms with van der Waals surface area (Å²) in [7, 11) is -3.44. The number of nitrogens with one attached hydrogen (secondary N) is 1. The van der Waals surface area contributed by atoms with Gasteiger partial charge >= 0.3 is 0 Å². The Balaban J connectivity index is 1.39. The van der Waals surface area contributed by atoms with Crippen LogP contribution < -0.4 is 9.62 Å². The number of benzene rings is 2. The van der Waals surface area contributed by atoms with E-state index in [0.717, 1.165) is 50.4 Å². The highest BCUT2D eigenvalue weighted by Crippen LogP contribution is 2.17. The molecule has 3 rings (SSSR count). The molecule has 0 spiro atoms. The lowest BCUT2D eigenvalue weighted by Gasteiger charge is -2.36. The minimum Gasteiger partial charge on any atom is -0.369 e. The fraction of sp³-hybridized carbons (Fsp3) is 0.400. The number of halogens is 1. The number of aryl methyl sites for hydroxylation is 1. The van der Waals surface area contributed by atoms with E-state index >= 15 is 0 Å². The summed E-state index contributed by atoms with van der Waals surface area (Å²) >= 11 is 0. The van der Waals surface area contributed by atoms with Gasteiger partial charge in [-0.2, -0.15) is 0 Å². The van der Waals surface area contributed by atoms with Gasteiger partial charge < -0.3 is 4.90 Å². The molecule has 1 N–H and O–H groups in total. The Hall–Kier alpha value is -1.96. The first-order valence-electron chi connectivity index (χ1n) is 9.23. The van der Waals surface area contributed by atoms with Crippen LogP contribution in [0.3, 0.4) is 0 Å². The number of nitrogens with zero attached hydrogens (tertiary/aromatic N) is 2. The topological polar surface area (TPSA) is 52.7 Å². The number of hydrogen-bond donors (Lipinski definition) is 1. The van der Waals surface area contributed by atoms with E-state index in [2.05, 4.69) is 14.5 Å². The minimum atomic E-state index is -3.44. The molecule has 0 aliphatic carbocycles. The van der Waals surface area contributed by atoms with Gasteiger partial charge in [0.2, 0.25) is 10.0 Å². The molecule has 146 valence electrons. The van der Waals surface area contributed by atoms with Gasteiger partial charge in [0.25, 0.3) is 0 Å². The predicted octanol–water partition coefficient (Wildman–Crippen LogP) is 2.62. The first-order valence-corrected chi connectivity index (χ1v) is 10.7. The molecule has 2 aromatic carbocycles. The number of rotatable bonds is 7. The molecule has 0 saturated carbocycles. The van der Waals surface area contributed by atoms with Crippen LogP contribution in [-0.4, -0.2) is 52.6 Å². The highest BCUT2D eigenvalue weighted by molar-refractivity contribution is 7.89. The molecule has 1 saturated heterocycles. The zero-order valence-corrected chi connectivity index (χ0v) is 16.4. The molecular weight excluding hydrogens is 365 g/mol. The largest absolute Gasteiger partial charge is 0.369 e. The molecule has 27 heavy (non-hydrogen) atoms. The van der Waals surface area contributed by atoms with Gasteiger partial charge in [-0.05, 0) is 56.3 Å². The van der Waals surface area contributed by atoms with E-state index in [4.69, 9.17) is 0 Å². The maximum Gasteiger partial charge on any atom is 0.240 e. The smallest absolute Gasteiger partial charge is 0.240 e. The zero-order chi connectivity index (χ0) is 19.3. The van der Waals surface area contributed by atoms with Crippen molar-refractivity contribution in [1.82, 2.24) is 9.62 Å². The van der Waals surface area contributed by atoms with E-state index in [1.54, 1.807) is 24.3 Å². The Morgan fingerprint density at radius 2 is 1.59 bits per heavy atom. The van der Waals surface area contributed by atoms with Gasteiger partial charge in [0.1, 0.15) is 5.82 Å². The molecule has 0 atom stereocenters. The van der Waals surface area contributed by atoms with Crippen molar-refractivity contribution in [2.45, 2.75) is 18.2 Å². The Morgan fingerprint density at radius 3 is 2.22 bits per heavy atom. The average Bonchev–Trinajstić information content (AvgIpc) is 2.67. The number of sulfonamides is 1.